The first-order valence-electron chi connectivity index (χ1n) is 10.8. The van der Waals surface area contributed by atoms with Crippen molar-refractivity contribution in [3.8, 4) is 17.1 Å². The molecule has 178 valence electrons. The van der Waals surface area contributed by atoms with Crippen molar-refractivity contribution in [1.82, 2.24) is 34.4 Å². The number of fused-ring (bicyclic) bond motifs is 1. The predicted molar refractivity (Wildman–Crippen MR) is 128 cm³/mol. The van der Waals surface area contributed by atoms with Crippen LogP contribution in [-0.2, 0) is 16.0 Å². The first-order valence-corrected chi connectivity index (χ1v) is 10.8. The highest BCUT2D eigenvalue weighted by Crippen LogP contribution is 2.29. The van der Waals surface area contributed by atoms with Gasteiger partial charge in [0, 0.05) is 49.5 Å². The molecule has 3 aromatic heterocycles. The van der Waals surface area contributed by atoms with Gasteiger partial charge in [-0.1, -0.05) is 7.43 Å². The number of benzene rings is 1. The van der Waals surface area contributed by atoms with E-state index in [1.54, 1.807) is 31.7 Å². The molecule has 0 radical (unpaired) electrons. The fraction of sp³-hybridized carbons (Fsp3) is 0.348. The maximum Gasteiger partial charge on any atom is 0.413 e. The third-order valence-electron chi connectivity index (χ3n) is 5.30. The second-order valence-electron chi connectivity index (χ2n) is 7.55. The predicted octanol–water partition coefficient (Wildman–Crippen LogP) is 3.24. The van der Waals surface area contributed by atoms with Gasteiger partial charge in [-0.05, 0) is 25.1 Å². The molecule has 4 heterocycles. The van der Waals surface area contributed by atoms with Crippen LogP contribution in [0.15, 0.2) is 43.1 Å². The Hall–Kier alpha value is -3.83. The van der Waals surface area contributed by atoms with Crippen LogP contribution >= 0.6 is 0 Å². The Morgan fingerprint density at radius 3 is 2.76 bits per heavy atom. The summed E-state index contributed by atoms with van der Waals surface area (Å²) in [6.07, 6.45) is 6.60. The number of imidazole rings is 2. The quantitative estimate of drug-likeness (QED) is 0.446. The number of aromatic amines is 1. The summed E-state index contributed by atoms with van der Waals surface area (Å²) in [5, 5.41) is 2.62. The molecule has 5 rings (SSSR count). The number of nitrogens with zero attached hydrogens (tertiary/aromatic N) is 6. The van der Waals surface area contributed by atoms with Crippen LogP contribution in [0.4, 0.5) is 10.7 Å². The Morgan fingerprint density at radius 2 is 2.00 bits per heavy atom. The number of rotatable bonds is 6. The summed E-state index contributed by atoms with van der Waals surface area (Å²) in [6.45, 7) is 6.09. The van der Waals surface area contributed by atoms with Gasteiger partial charge in [0.15, 0.2) is 5.82 Å². The number of amides is 1. The molecule has 4 aromatic rings. The molecule has 0 aliphatic carbocycles. The molecule has 1 saturated heterocycles. The molecule has 0 atom stereocenters. The van der Waals surface area contributed by atoms with Crippen molar-refractivity contribution >= 4 is 23.1 Å². The van der Waals surface area contributed by atoms with Gasteiger partial charge in [0.2, 0.25) is 5.95 Å². The Balaban J connectivity index is 0.00000274. The van der Waals surface area contributed by atoms with Gasteiger partial charge in [0.25, 0.3) is 0 Å². The number of carbonyl (C=O) groups excluding carboxylic acids is 1. The van der Waals surface area contributed by atoms with E-state index in [9.17, 15) is 4.79 Å². The van der Waals surface area contributed by atoms with Crippen molar-refractivity contribution in [1.29, 1.82) is 0 Å². The van der Waals surface area contributed by atoms with Crippen LogP contribution in [-0.4, -0.2) is 73.4 Å². The van der Waals surface area contributed by atoms with E-state index < -0.39 is 6.09 Å². The molecule has 1 aliphatic heterocycles. The summed E-state index contributed by atoms with van der Waals surface area (Å²) in [6, 6.07) is 5.68. The Bertz CT molecular complexity index is 1250. The Kier molecular flexibility index (Phi) is 7.14. The fourth-order valence-electron chi connectivity index (χ4n) is 3.76. The van der Waals surface area contributed by atoms with Crippen LogP contribution in [0.1, 0.15) is 20.0 Å². The zero-order valence-electron chi connectivity index (χ0n) is 18.2. The lowest BCUT2D eigenvalue weighted by atomic mass is 10.1. The van der Waals surface area contributed by atoms with Gasteiger partial charge in [-0.2, -0.15) is 0 Å². The van der Waals surface area contributed by atoms with Crippen LogP contribution in [0.25, 0.3) is 28.1 Å². The lowest BCUT2D eigenvalue weighted by Crippen LogP contribution is -2.35. The van der Waals surface area contributed by atoms with Gasteiger partial charge in [-0.3, -0.25) is 10.2 Å². The van der Waals surface area contributed by atoms with Crippen molar-refractivity contribution in [2.24, 2.45) is 0 Å². The number of ether oxygens (including phenoxy) is 2. The van der Waals surface area contributed by atoms with Crippen molar-refractivity contribution in [3.05, 3.63) is 48.8 Å². The molecule has 1 amide bonds. The van der Waals surface area contributed by atoms with E-state index in [2.05, 4.69) is 35.1 Å². The highest BCUT2D eigenvalue weighted by molar-refractivity contribution is 5.95. The number of carbonyl (C=O) groups is 1. The van der Waals surface area contributed by atoms with Crippen molar-refractivity contribution in [2.75, 3.05) is 38.2 Å². The van der Waals surface area contributed by atoms with Crippen LogP contribution < -0.4 is 5.32 Å². The lowest BCUT2D eigenvalue weighted by Gasteiger charge is -2.25. The van der Waals surface area contributed by atoms with Crippen LogP contribution in [0.2, 0.25) is 0 Å². The molecule has 2 N–H and O–H groups in total. The molecule has 0 unspecified atom stereocenters. The summed E-state index contributed by atoms with van der Waals surface area (Å²) in [7, 11) is 0. The molecule has 0 saturated carbocycles. The number of H-pyrrole nitrogens is 1. The summed E-state index contributed by atoms with van der Waals surface area (Å²) in [4.78, 5) is 35.2. The molecule has 0 bridgehead atoms. The highest BCUT2D eigenvalue weighted by Gasteiger charge is 2.17. The van der Waals surface area contributed by atoms with Gasteiger partial charge in [0.1, 0.15) is 5.52 Å². The van der Waals surface area contributed by atoms with E-state index in [1.165, 1.54) is 0 Å². The minimum absolute atomic E-state index is 0. The minimum atomic E-state index is -0.573. The van der Waals surface area contributed by atoms with Gasteiger partial charge in [0.05, 0.1) is 37.4 Å². The normalized spacial score (nSPS) is 14.0. The second kappa shape index (κ2) is 10.4. The summed E-state index contributed by atoms with van der Waals surface area (Å²) in [5.41, 5.74) is 3.95. The van der Waals surface area contributed by atoms with Crippen molar-refractivity contribution in [3.63, 3.8) is 0 Å². The van der Waals surface area contributed by atoms with E-state index in [0.717, 1.165) is 55.3 Å². The third-order valence-corrected chi connectivity index (χ3v) is 5.30. The number of anilines is 1. The maximum atomic E-state index is 11.9. The third kappa shape index (κ3) is 5.05. The molecule has 11 nitrogen and oxygen atoms in total. The highest BCUT2D eigenvalue weighted by atomic mass is 16.5. The average Bonchev–Trinajstić information content (AvgIpc) is 3.46. The average molecular weight is 465 g/mol. The summed E-state index contributed by atoms with van der Waals surface area (Å²) >= 11 is 0. The fourth-order valence-corrected chi connectivity index (χ4v) is 3.76. The van der Waals surface area contributed by atoms with E-state index in [1.807, 2.05) is 22.9 Å². The molecule has 0 spiro atoms. The van der Waals surface area contributed by atoms with Gasteiger partial charge in [-0.15, -0.1) is 0 Å². The van der Waals surface area contributed by atoms with E-state index in [-0.39, 0.29) is 20.0 Å². The van der Waals surface area contributed by atoms with Crippen LogP contribution in [0.3, 0.4) is 0 Å². The first-order chi connectivity index (χ1) is 16.2. The van der Waals surface area contributed by atoms with Crippen molar-refractivity contribution < 1.29 is 14.3 Å². The molecule has 1 aromatic carbocycles. The molecule has 1 aliphatic rings. The van der Waals surface area contributed by atoms with Gasteiger partial charge >= 0.3 is 6.09 Å². The molecule has 34 heavy (non-hydrogen) atoms. The number of nitrogens with one attached hydrogen (secondary N) is 2. The SMILES string of the molecule is C.CCOC(=O)Nc1nc2c(-c3ncccn3)cc(-n3cnc(CN4CCOCC4)c3)cc2[nH]1. The topological polar surface area (TPSA) is 123 Å². The van der Waals surface area contributed by atoms with Crippen LogP contribution in [0.5, 0.6) is 0 Å². The summed E-state index contributed by atoms with van der Waals surface area (Å²) in [5.74, 6) is 0.823. The van der Waals surface area contributed by atoms with Crippen molar-refractivity contribution in [2.45, 2.75) is 20.9 Å². The molecule has 11 heteroatoms. The van der Waals surface area contributed by atoms with E-state index in [4.69, 9.17) is 9.47 Å². The summed E-state index contributed by atoms with van der Waals surface area (Å²) < 4.78 is 12.3. The smallest absolute Gasteiger partial charge is 0.413 e. The Morgan fingerprint density at radius 1 is 1.21 bits per heavy atom. The first kappa shape index (κ1) is 23.3. The molecular formula is C23H28N8O3. The number of hydrogen-bond donors (Lipinski definition) is 2. The number of aromatic nitrogens is 6. The van der Waals surface area contributed by atoms with E-state index >= 15 is 0 Å². The molecular weight excluding hydrogens is 436 g/mol. The maximum absolute atomic E-state index is 11.9. The number of hydrogen-bond acceptors (Lipinski definition) is 8. The largest absolute Gasteiger partial charge is 0.450 e. The lowest BCUT2D eigenvalue weighted by molar-refractivity contribution is 0.0337. The second-order valence-corrected chi connectivity index (χ2v) is 7.55. The Labute approximate surface area is 197 Å². The standard InChI is InChI=1S/C22H24N8O3.CH4/c1-2-33-22(31)28-21-26-18-11-16(10-17(19(18)27-21)20-23-4-3-5-24-20)30-13-15(25-14-30)12-29-6-8-32-9-7-29;/h3-5,10-11,13-14H,2,6-9,12H2,1H3,(H2,26,27,28,31);1H4. The minimum Gasteiger partial charge on any atom is -0.450 e. The van der Waals surface area contributed by atoms with E-state index in [0.29, 0.717) is 11.3 Å². The van der Waals surface area contributed by atoms with Gasteiger partial charge in [-0.25, -0.2) is 24.7 Å². The molecule has 1 fully saturated rings. The van der Waals surface area contributed by atoms with Gasteiger partial charge < -0.3 is 19.0 Å². The monoisotopic (exact) mass is 464 g/mol. The zero-order valence-corrected chi connectivity index (χ0v) is 18.2. The zero-order chi connectivity index (χ0) is 22.6. The number of morpholine rings is 1. The van der Waals surface area contributed by atoms with Crippen LogP contribution in [0, 0.1) is 0 Å².